The highest BCUT2D eigenvalue weighted by Crippen LogP contribution is 2.55. The third kappa shape index (κ3) is 4.68. The van der Waals surface area contributed by atoms with Crippen molar-refractivity contribution in [2.45, 2.75) is 42.8 Å². The van der Waals surface area contributed by atoms with Crippen LogP contribution in [-0.4, -0.2) is 24.1 Å². The Kier molecular flexibility index (Phi) is 6.00. The first-order valence-corrected chi connectivity index (χ1v) is 11.3. The van der Waals surface area contributed by atoms with Gasteiger partial charge in [0.15, 0.2) is 0 Å². The molecule has 0 saturated heterocycles. The molecule has 37 heavy (non-hydrogen) atoms. The van der Waals surface area contributed by atoms with Gasteiger partial charge in [-0.3, -0.25) is 0 Å². The Morgan fingerprint density at radius 1 is 0.622 bits per heavy atom. The predicted molar refractivity (Wildman–Crippen MR) is 118 cm³/mol. The summed E-state index contributed by atoms with van der Waals surface area (Å²) in [5.74, 6) is -2.84. The fraction of sp³-hybridized carbons (Fsp3) is 0.259. The maximum Gasteiger partial charge on any atom is 0.416 e. The molecule has 2 unspecified atom stereocenters. The fourth-order valence-electron chi connectivity index (χ4n) is 5.12. The lowest BCUT2D eigenvalue weighted by molar-refractivity contribution is -0.138. The second-order valence-electron chi connectivity index (χ2n) is 8.97. The molecule has 0 aliphatic heterocycles. The van der Waals surface area contributed by atoms with Crippen molar-refractivity contribution in [2.75, 3.05) is 0 Å². The van der Waals surface area contributed by atoms with Gasteiger partial charge in [-0.1, -0.05) is 36.4 Å². The molecule has 4 nitrogen and oxygen atoms in total. The number of benzene rings is 3. The van der Waals surface area contributed by atoms with Crippen LogP contribution in [0.15, 0.2) is 72.8 Å². The molecule has 2 bridgehead atoms. The summed E-state index contributed by atoms with van der Waals surface area (Å²) in [7, 11) is 0. The molecule has 192 valence electrons. The molecule has 0 spiro atoms. The minimum Gasteiger partial charge on any atom is -0.454 e. The molecular formula is C27H18F6O4. The number of carbonyl (C=O) groups excluding carboxylic acids is 2. The summed E-state index contributed by atoms with van der Waals surface area (Å²) in [6, 6.07) is 14.8. The number of ether oxygens (including phenoxy) is 2. The van der Waals surface area contributed by atoms with Crippen LogP contribution in [-0.2, 0) is 21.8 Å². The van der Waals surface area contributed by atoms with Crippen LogP contribution < -0.4 is 0 Å². The molecule has 3 aromatic carbocycles. The molecule has 2 aliphatic rings. The third-order valence-corrected chi connectivity index (χ3v) is 6.76. The van der Waals surface area contributed by atoms with Crippen LogP contribution in [0.2, 0.25) is 0 Å². The zero-order valence-electron chi connectivity index (χ0n) is 18.8. The number of alkyl halides is 6. The number of esters is 2. The average Bonchev–Trinajstić information content (AvgIpc) is 3.40. The van der Waals surface area contributed by atoms with Gasteiger partial charge in [-0.05, 0) is 53.9 Å². The number of hydrogen-bond acceptors (Lipinski definition) is 4. The number of halogens is 6. The van der Waals surface area contributed by atoms with Crippen LogP contribution in [0.4, 0.5) is 26.3 Å². The van der Waals surface area contributed by atoms with E-state index >= 15 is 0 Å². The van der Waals surface area contributed by atoms with Crippen molar-refractivity contribution in [3.8, 4) is 0 Å². The van der Waals surface area contributed by atoms with Gasteiger partial charge in [0, 0.05) is 11.8 Å². The van der Waals surface area contributed by atoms with E-state index in [1.807, 2.05) is 12.1 Å². The van der Waals surface area contributed by atoms with E-state index in [9.17, 15) is 35.9 Å². The van der Waals surface area contributed by atoms with Crippen LogP contribution in [0.25, 0.3) is 0 Å². The Balaban J connectivity index is 1.43. The lowest BCUT2D eigenvalue weighted by Crippen LogP contribution is -2.39. The zero-order chi connectivity index (χ0) is 26.5. The van der Waals surface area contributed by atoms with Crippen LogP contribution in [0.1, 0.15) is 61.2 Å². The summed E-state index contributed by atoms with van der Waals surface area (Å²) >= 11 is 0. The Hall–Kier alpha value is -3.82. The van der Waals surface area contributed by atoms with Crippen molar-refractivity contribution < 1.29 is 45.4 Å². The normalized spacial score (nSPS) is 22.4. The first kappa shape index (κ1) is 24.9. The molecule has 0 radical (unpaired) electrons. The summed E-state index contributed by atoms with van der Waals surface area (Å²) in [6.07, 6.45) is -10.9. The molecule has 2 aliphatic carbocycles. The van der Waals surface area contributed by atoms with Gasteiger partial charge in [-0.15, -0.1) is 0 Å². The quantitative estimate of drug-likeness (QED) is 0.282. The molecule has 0 N–H and O–H groups in total. The van der Waals surface area contributed by atoms with Crippen molar-refractivity contribution >= 4 is 11.9 Å². The lowest BCUT2D eigenvalue weighted by atomic mass is 9.87. The second kappa shape index (κ2) is 8.93. The Bertz CT molecular complexity index is 1260. The third-order valence-electron chi connectivity index (χ3n) is 6.76. The second-order valence-corrected chi connectivity index (χ2v) is 8.97. The standard InChI is InChI=1S/C27H18F6O4/c28-26(29,30)16-7-3-5-14(11-16)24(34)36-22-20-13-21(19-10-2-1-9-18(19)20)23(22)37-25(35)15-6-4-8-17(12-15)27(31,32)33/h1-12,20-23H,13H2/t20?,21?,22-,23+. The molecule has 5 rings (SSSR count). The van der Waals surface area contributed by atoms with Crippen molar-refractivity contribution in [3.63, 3.8) is 0 Å². The fourth-order valence-corrected chi connectivity index (χ4v) is 5.12. The van der Waals surface area contributed by atoms with E-state index in [4.69, 9.17) is 9.47 Å². The largest absolute Gasteiger partial charge is 0.454 e. The SMILES string of the molecule is O=C(O[C@@H]1C2CC(c3ccccc32)[C@@H]1OC(=O)c1cccc(C(F)(F)F)c1)c1cccc(C(F)(F)F)c1. The van der Waals surface area contributed by atoms with Crippen molar-refractivity contribution in [2.24, 2.45) is 0 Å². The zero-order valence-corrected chi connectivity index (χ0v) is 18.8. The molecule has 1 saturated carbocycles. The first-order valence-electron chi connectivity index (χ1n) is 11.3. The van der Waals surface area contributed by atoms with Gasteiger partial charge in [-0.2, -0.15) is 26.3 Å². The maximum atomic E-state index is 13.1. The van der Waals surface area contributed by atoms with Crippen LogP contribution in [0.3, 0.4) is 0 Å². The Labute approximate surface area is 206 Å². The van der Waals surface area contributed by atoms with Crippen molar-refractivity contribution in [3.05, 3.63) is 106 Å². The Morgan fingerprint density at radius 3 is 1.41 bits per heavy atom. The van der Waals surface area contributed by atoms with Crippen LogP contribution in [0.5, 0.6) is 0 Å². The van der Waals surface area contributed by atoms with Crippen molar-refractivity contribution in [1.82, 2.24) is 0 Å². The van der Waals surface area contributed by atoms with E-state index in [1.54, 1.807) is 12.1 Å². The topological polar surface area (TPSA) is 52.6 Å². The smallest absolute Gasteiger partial charge is 0.416 e. The summed E-state index contributed by atoms with van der Waals surface area (Å²) in [5, 5.41) is 0. The van der Waals surface area contributed by atoms with Gasteiger partial charge < -0.3 is 9.47 Å². The lowest BCUT2D eigenvalue weighted by Gasteiger charge is -2.32. The minimum absolute atomic E-state index is 0.325. The molecule has 0 aromatic heterocycles. The monoisotopic (exact) mass is 520 g/mol. The average molecular weight is 520 g/mol. The molecule has 1 fully saturated rings. The predicted octanol–water partition coefficient (Wildman–Crippen LogP) is 6.76. The van der Waals surface area contributed by atoms with Crippen LogP contribution in [0, 0.1) is 0 Å². The first-order chi connectivity index (χ1) is 17.4. The maximum absolute atomic E-state index is 13.1. The highest BCUT2D eigenvalue weighted by Gasteiger charge is 2.55. The van der Waals surface area contributed by atoms with E-state index in [0.29, 0.717) is 18.6 Å². The van der Waals surface area contributed by atoms with Crippen molar-refractivity contribution in [1.29, 1.82) is 0 Å². The molecule has 4 atom stereocenters. The highest BCUT2D eigenvalue weighted by molar-refractivity contribution is 5.91. The van der Waals surface area contributed by atoms with Gasteiger partial charge >= 0.3 is 24.3 Å². The number of hydrogen-bond donors (Lipinski definition) is 0. The number of fused-ring (bicyclic) bond motifs is 5. The van der Waals surface area contributed by atoms with E-state index in [-0.39, 0.29) is 11.1 Å². The summed E-state index contributed by atoms with van der Waals surface area (Å²) in [4.78, 5) is 25.7. The van der Waals surface area contributed by atoms with Gasteiger partial charge in [0.25, 0.3) is 0 Å². The van der Waals surface area contributed by atoms with E-state index < -0.39 is 59.5 Å². The van der Waals surface area contributed by atoms with E-state index in [2.05, 4.69) is 0 Å². The Morgan fingerprint density at radius 2 is 1.03 bits per heavy atom. The summed E-state index contributed by atoms with van der Waals surface area (Å²) < 4.78 is 89.9. The number of carbonyl (C=O) groups is 2. The molecule has 3 aromatic rings. The van der Waals surface area contributed by atoms with E-state index in [1.165, 1.54) is 12.1 Å². The van der Waals surface area contributed by atoms with Gasteiger partial charge in [0.05, 0.1) is 22.3 Å². The van der Waals surface area contributed by atoms with Gasteiger partial charge in [0.1, 0.15) is 12.2 Å². The molecule has 0 heterocycles. The van der Waals surface area contributed by atoms with Gasteiger partial charge in [-0.25, -0.2) is 9.59 Å². The minimum atomic E-state index is -4.66. The molecular weight excluding hydrogens is 502 g/mol. The summed E-state index contributed by atoms with van der Waals surface area (Å²) in [5.41, 5.74) is -0.968. The summed E-state index contributed by atoms with van der Waals surface area (Å²) in [6.45, 7) is 0. The van der Waals surface area contributed by atoms with Crippen LogP contribution >= 0.6 is 0 Å². The number of rotatable bonds is 4. The van der Waals surface area contributed by atoms with Gasteiger partial charge in [0.2, 0.25) is 0 Å². The molecule has 10 heteroatoms. The highest BCUT2D eigenvalue weighted by atomic mass is 19.4. The molecule has 0 amide bonds. The van der Waals surface area contributed by atoms with E-state index in [0.717, 1.165) is 35.4 Å².